The van der Waals surface area contributed by atoms with Gasteiger partial charge in [0.15, 0.2) is 0 Å². The number of hydrogen-bond donors (Lipinski definition) is 1. The Labute approximate surface area is 154 Å². The van der Waals surface area contributed by atoms with Crippen LogP contribution in [-0.4, -0.2) is 10.1 Å². The number of benzene rings is 1. The Bertz CT molecular complexity index is 572. The van der Waals surface area contributed by atoms with E-state index in [9.17, 15) is 5.11 Å². The topological polar surface area (TPSA) is 33.1 Å². The van der Waals surface area contributed by atoms with E-state index in [0.717, 1.165) is 29.5 Å². The van der Waals surface area contributed by atoms with Gasteiger partial charge in [-0.15, -0.1) is 11.1 Å². The van der Waals surface area contributed by atoms with Gasteiger partial charge in [0.1, 0.15) is 0 Å². The van der Waals surface area contributed by atoms with Crippen LogP contribution in [0.5, 0.6) is 5.88 Å². The Hall–Kier alpha value is -0.0378. The molecule has 2 nitrogen and oxygen atoms in total. The van der Waals surface area contributed by atoms with Crippen LogP contribution in [0, 0.1) is 20.5 Å². The second kappa shape index (κ2) is 7.67. The van der Waals surface area contributed by atoms with Gasteiger partial charge in [-0.05, 0) is 12.8 Å². The molecule has 1 aliphatic rings. The number of aromatic hydroxyl groups is 1. The Morgan fingerprint density at radius 2 is 1.89 bits per heavy atom. The molecule has 0 unspecified atom stereocenters. The van der Waals surface area contributed by atoms with Crippen LogP contribution in [0.15, 0.2) is 24.3 Å². The largest absolute Gasteiger partial charge is 0.550 e. The van der Waals surface area contributed by atoms with Crippen LogP contribution in [0.3, 0.4) is 0 Å². The van der Waals surface area contributed by atoms with Crippen molar-refractivity contribution in [3.8, 4) is 17.0 Å². The molecule has 0 aliphatic heterocycles. The summed E-state index contributed by atoms with van der Waals surface area (Å²) in [6, 6.07) is 8.34. The molecular formula is C15H15NOWY-2. The molecule has 1 heterocycles. The first kappa shape index (κ1) is 19.0. The van der Waals surface area contributed by atoms with Crippen molar-refractivity contribution in [1.29, 1.82) is 0 Å². The quantitative estimate of drug-likeness (QED) is 0.567. The van der Waals surface area contributed by atoms with Crippen LogP contribution < -0.4 is 0 Å². The molecule has 0 atom stereocenters. The first-order valence-electron chi connectivity index (χ1n) is 5.46. The fourth-order valence-corrected chi connectivity index (χ4v) is 2.39. The minimum Gasteiger partial charge on any atom is -0.550 e. The van der Waals surface area contributed by atoms with Crippen LogP contribution in [0.2, 0.25) is 0 Å². The summed E-state index contributed by atoms with van der Waals surface area (Å²) in [7, 11) is 0. The van der Waals surface area contributed by atoms with E-state index in [2.05, 4.69) is 29.4 Å². The first-order valence-corrected chi connectivity index (χ1v) is 5.46. The molecule has 4 heteroatoms. The van der Waals surface area contributed by atoms with Gasteiger partial charge in [-0.1, -0.05) is 54.1 Å². The second-order valence-electron chi connectivity index (χ2n) is 4.18. The number of hydrogen-bond acceptors (Lipinski definition) is 2. The average Bonchev–Trinajstić information content (AvgIpc) is 2.33. The Balaban J connectivity index is 0.00000108. The molecular weight excluding hydrogens is 483 g/mol. The maximum Gasteiger partial charge on any atom is 0.0977 e. The molecule has 0 saturated carbocycles. The van der Waals surface area contributed by atoms with Gasteiger partial charge in [0.25, 0.3) is 0 Å². The summed E-state index contributed by atoms with van der Waals surface area (Å²) in [6.45, 7) is 1.91. The van der Waals surface area contributed by atoms with Crippen LogP contribution >= 0.6 is 0 Å². The van der Waals surface area contributed by atoms with Crippen molar-refractivity contribution in [2.45, 2.75) is 19.8 Å². The zero-order chi connectivity index (χ0) is 11.1. The maximum atomic E-state index is 9.66. The van der Waals surface area contributed by atoms with E-state index >= 15 is 0 Å². The summed E-state index contributed by atoms with van der Waals surface area (Å²) in [4.78, 5) is 3.90. The smallest absolute Gasteiger partial charge is 0.0977 e. The zero-order valence-electron chi connectivity index (χ0n) is 11.1. The van der Waals surface area contributed by atoms with Gasteiger partial charge in [-0.3, -0.25) is 0 Å². The van der Waals surface area contributed by atoms with Crippen molar-refractivity contribution in [3.05, 3.63) is 54.6 Å². The van der Waals surface area contributed by atoms with E-state index in [1.165, 1.54) is 11.1 Å². The molecule has 97 valence electrons. The van der Waals surface area contributed by atoms with Gasteiger partial charge in [-0.25, -0.2) is 0 Å². The third kappa shape index (κ3) is 3.35. The third-order valence-corrected chi connectivity index (χ3v) is 3.24. The molecule has 19 heavy (non-hydrogen) atoms. The van der Waals surface area contributed by atoms with Gasteiger partial charge in [-0.2, -0.15) is 0 Å². The number of nitrogens with zero attached hydrogens (tertiary/aromatic N) is 1. The molecule has 1 N–H and O–H groups in total. The molecule has 0 fully saturated rings. The van der Waals surface area contributed by atoms with E-state index in [4.69, 9.17) is 0 Å². The third-order valence-electron chi connectivity index (χ3n) is 3.24. The summed E-state index contributed by atoms with van der Waals surface area (Å²) < 4.78 is 0. The Kier molecular flexibility index (Phi) is 7.65. The standard InChI is InChI=1S/C14H12NO.CH3.W.Y/c1-9-13-11(8-15-14(9)16)7-6-10-4-2-3-5-12(10)13;;;/h2-5H,6-7H2,1H3,(H,15,16);1H3;;/q2*-1;;. The van der Waals surface area contributed by atoms with Crippen LogP contribution in [-0.2, 0) is 66.6 Å². The molecule has 1 aromatic heterocycles. The number of aromatic nitrogens is 1. The number of pyridine rings is 1. The van der Waals surface area contributed by atoms with Crippen molar-refractivity contribution in [1.82, 2.24) is 4.98 Å². The minimum atomic E-state index is 0. The molecule has 0 spiro atoms. The monoisotopic (exact) mass is 498 g/mol. The zero-order valence-corrected chi connectivity index (χ0v) is 16.9. The predicted molar refractivity (Wildman–Crippen MR) is 68.7 cm³/mol. The summed E-state index contributed by atoms with van der Waals surface area (Å²) in [5.41, 5.74) is 5.66. The van der Waals surface area contributed by atoms with Crippen LogP contribution in [0.1, 0.15) is 16.7 Å². The molecule has 3 rings (SSSR count). The van der Waals surface area contributed by atoms with Gasteiger partial charge < -0.3 is 17.5 Å². The second-order valence-corrected chi connectivity index (χ2v) is 4.18. The first-order chi connectivity index (χ1) is 7.77. The SMILES string of the molecule is Cc1c(O)n[c-]c2c1-c1ccccc1CC2.[CH3-].[W].[Y]. The Morgan fingerprint density at radius 3 is 2.63 bits per heavy atom. The van der Waals surface area contributed by atoms with Crippen LogP contribution in [0.25, 0.3) is 11.1 Å². The molecule has 0 amide bonds. The number of fused-ring (bicyclic) bond motifs is 3. The van der Waals surface area contributed by atoms with E-state index in [0.29, 0.717) is 0 Å². The van der Waals surface area contributed by atoms with E-state index in [-0.39, 0.29) is 67.1 Å². The van der Waals surface area contributed by atoms with Gasteiger partial charge in [0.2, 0.25) is 0 Å². The molecule has 1 radical (unpaired) electrons. The predicted octanol–water partition coefficient (Wildman–Crippen LogP) is 3.11. The molecule has 0 bridgehead atoms. The van der Waals surface area contributed by atoms with Crippen LogP contribution in [0.4, 0.5) is 0 Å². The molecule has 0 saturated heterocycles. The van der Waals surface area contributed by atoms with Gasteiger partial charge in [0.05, 0.1) is 5.88 Å². The Morgan fingerprint density at radius 1 is 1.21 bits per heavy atom. The molecule has 1 aliphatic carbocycles. The van der Waals surface area contributed by atoms with E-state index in [1.54, 1.807) is 0 Å². The fourth-order valence-electron chi connectivity index (χ4n) is 2.39. The maximum absolute atomic E-state index is 9.66. The van der Waals surface area contributed by atoms with Gasteiger partial charge >= 0.3 is 0 Å². The normalized spacial score (nSPS) is 11.0. The van der Waals surface area contributed by atoms with Crippen molar-refractivity contribution < 1.29 is 58.9 Å². The minimum absolute atomic E-state index is 0. The number of rotatable bonds is 0. The van der Waals surface area contributed by atoms with Gasteiger partial charge in [0, 0.05) is 53.8 Å². The van der Waals surface area contributed by atoms with Crippen molar-refractivity contribution in [2.24, 2.45) is 0 Å². The van der Waals surface area contributed by atoms with E-state index in [1.807, 2.05) is 13.0 Å². The van der Waals surface area contributed by atoms with Crippen molar-refractivity contribution in [3.63, 3.8) is 0 Å². The average molecular weight is 498 g/mol. The summed E-state index contributed by atoms with van der Waals surface area (Å²) in [5, 5.41) is 9.66. The molecule has 1 aromatic carbocycles. The summed E-state index contributed by atoms with van der Waals surface area (Å²) in [6.07, 6.45) is 4.93. The van der Waals surface area contributed by atoms with E-state index < -0.39 is 0 Å². The van der Waals surface area contributed by atoms with Crippen molar-refractivity contribution >= 4 is 0 Å². The summed E-state index contributed by atoms with van der Waals surface area (Å²) in [5.74, 6) is 0.0930. The van der Waals surface area contributed by atoms with Crippen molar-refractivity contribution in [2.75, 3.05) is 0 Å². The fraction of sp³-hybridized carbons (Fsp3) is 0.200. The summed E-state index contributed by atoms with van der Waals surface area (Å²) >= 11 is 0. The molecule has 2 aromatic rings. The number of aryl methyl sites for hydroxylation is 2.